The molecular weight excluding hydrogens is 372 g/mol. The van der Waals surface area contributed by atoms with Crippen LogP contribution in [0.25, 0.3) is 0 Å². The lowest BCUT2D eigenvalue weighted by Gasteiger charge is -2.23. The molecular formula is C26H26N2O2. The molecule has 3 aromatic carbocycles. The van der Waals surface area contributed by atoms with Crippen LogP contribution in [0.15, 0.2) is 78.9 Å². The summed E-state index contributed by atoms with van der Waals surface area (Å²) < 4.78 is 0. The zero-order chi connectivity index (χ0) is 20.8. The first kappa shape index (κ1) is 19.9. The molecule has 2 amide bonds. The first-order valence-electron chi connectivity index (χ1n) is 10.5. The van der Waals surface area contributed by atoms with Crippen LogP contribution in [0.1, 0.15) is 44.7 Å². The number of anilines is 1. The van der Waals surface area contributed by atoms with Crippen LogP contribution in [0, 0.1) is 0 Å². The summed E-state index contributed by atoms with van der Waals surface area (Å²) in [5.41, 5.74) is 4.58. The van der Waals surface area contributed by atoms with Crippen molar-refractivity contribution in [2.24, 2.45) is 0 Å². The zero-order valence-electron chi connectivity index (χ0n) is 17.0. The SMILES string of the molecule is O=C(NCCc1ccccc1)c1ccc(C(=O)N2CCCCc3ccccc32)cc1. The van der Waals surface area contributed by atoms with Gasteiger partial charge in [-0.05, 0) is 67.1 Å². The molecule has 1 aliphatic rings. The summed E-state index contributed by atoms with van der Waals surface area (Å²) in [5, 5.41) is 2.95. The Hall–Kier alpha value is -3.40. The molecule has 0 spiro atoms. The number of carbonyl (C=O) groups is 2. The van der Waals surface area contributed by atoms with E-state index in [1.54, 1.807) is 24.3 Å². The van der Waals surface area contributed by atoms with Gasteiger partial charge in [-0.1, -0.05) is 48.5 Å². The molecule has 0 bridgehead atoms. The summed E-state index contributed by atoms with van der Waals surface area (Å²) in [6.45, 7) is 1.30. The number of aryl methyl sites for hydroxylation is 1. The van der Waals surface area contributed by atoms with Crippen molar-refractivity contribution >= 4 is 17.5 Å². The van der Waals surface area contributed by atoms with E-state index in [1.807, 2.05) is 53.4 Å². The Morgan fingerprint density at radius 1 is 0.800 bits per heavy atom. The maximum Gasteiger partial charge on any atom is 0.258 e. The van der Waals surface area contributed by atoms with Crippen molar-refractivity contribution in [1.29, 1.82) is 0 Å². The second-order valence-electron chi connectivity index (χ2n) is 7.61. The molecule has 152 valence electrons. The molecule has 1 N–H and O–H groups in total. The smallest absolute Gasteiger partial charge is 0.258 e. The molecule has 0 aliphatic carbocycles. The summed E-state index contributed by atoms with van der Waals surface area (Å²) in [5.74, 6) is -0.134. The average molecular weight is 399 g/mol. The van der Waals surface area contributed by atoms with Crippen molar-refractivity contribution < 1.29 is 9.59 Å². The van der Waals surface area contributed by atoms with Gasteiger partial charge in [0.2, 0.25) is 0 Å². The number of amides is 2. The van der Waals surface area contributed by atoms with Crippen LogP contribution in [0.2, 0.25) is 0 Å². The van der Waals surface area contributed by atoms with Gasteiger partial charge in [0.25, 0.3) is 11.8 Å². The van der Waals surface area contributed by atoms with Crippen LogP contribution >= 0.6 is 0 Å². The molecule has 0 unspecified atom stereocenters. The lowest BCUT2D eigenvalue weighted by molar-refractivity contribution is 0.0950. The summed E-state index contributed by atoms with van der Waals surface area (Å²) in [4.78, 5) is 27.4. The molecule has 4 heteroatoms. The topological polar surface area (TPSA) is 49.4 Å². The van der Waals surface area contributed by atoms with Crippen LogP contribution in [0.3, 0.4) is 0 Å². The lowest BCUT2D eigenvalue weighted by Crippen LogP contribution is -2.32. The Labute approximate surface area is 177 Å². The number of carbonyl (C=O) groups excluding carboxylic acids is 2. The minimum Gasteiger partial charge on any atom is -0.352 e. The summed E-state index contributed by atoms with van der Waals surface area (Å²) in [7, 11) is 0. The maximum absolute atomic E-state index is 13.2. The summed E-state index contributed by atoms with van der Waals surface area (Å²) >= 11 is 0. The second kappa shape index (κ2) is 9.40. The number of hydrogen-bond acceptors (Lipinski definition) is 2. The number of hydrogen-bond donors (Lipinski definition) is 1. The standard InChI is InChI=1S/C26H26N2O2/c29-25(27-18-17-20-8-2-1-3-9-20)22-13-15-23(16-14-22)26(30)28-19-7-6-11-21-10-4-5-12-24(21)28/h1-5,8-10,12-16H,6-7,11,17-19H2,(H,27,29). The monoisotopic (exact) mass is 398 g/mol. The molecule has 0 fully saturated rings. The first-order valence-corrected chi connectivity index (χ1v) is 10.5. The van der Waals surface area contributed by atoms with E-state index in [0.29, 0.717) is 17.7 Å². The van der Waals surface area contributed by atoms with E-state index < -0.39 is 0 Å². The Morgan fingerprint density at radius 3 is 2.30 bits per heavy atom. The predicted octanol–water partition coefficient (Wildman–Crippen LogP) is 4.64. The molecule has 3 aromatic rings. The third-order valence-corrected chi connectivity index (χ3v) is 5.54. The van der Waals surface area contributed by atoms with Crippen LogP contribution in [0.5, 0.6) is 0 Å². The quantitative estimate of drug-likeness (QED) is 0.681. The Bertz CT molecular complexity index is 1010. The van der Waals surface area contributed by atoms with E-state index in [1.165, 1.54) is 11.1 Å². The average Bonchev–Trinajstić information content (AvgIpc) is 3.02. The van der Waals surface area contributed by atoms with Gasteiger partial charge in [-0.15, -0.1) is 0 Å². The fraction of sp³-hybridized carbons (Fsp3) is 0.231. The molecule has 0 saturated carbocycles. The number of nitrogens with one attached hydrogen (secondary N) is 1. The first-order chi connectivity index (χ1) is 14.7. The Kier molecular flexibility index (Phi) is 6.23. The van der Waals surface area contributed by atoms with Gasteiger partial charge in [-0.2, -0.15) is 0 Å². The van der Waals surface area contributed by atoms with Crippen LogP contribution in [0.4, 0.5) is 5.69 Å². The van der Waals surface area contributed by atoms with Crippen LogP contribution < -0.4 is 10.2 Å². The van der Waals surface area contributed by atoms with Gasteiger partial charge in [0.05, 0.1) is 0 Å². The Balaban J connectivity index is 1.40. The fourth-order valence-electron chi connectivity index (χ4n) is 3.89. The number of nitrogens with zero attached hydrogens (tertiary/aromatic N) is 1. The van der Waals surface area contributed by atoms with Crippen molar-refractivity contribution in [2.45, 2.75) is 25.7 Å². The van der Waals surface area contributed by atoms with Crippen molar-refractivity contribution in [3.8, 4) is 0 Å². The van der Waals surface area contributed by atoms with Crippen LogP contribution in [-0.2, 0) is 12.8 Å². The lowest BCUT2D eigenvalue weighted by atomic mass is 10.1. The van der Waals surface area contributed by atoms with E-state index in [9.17, 15) is 9.59 Å². The maximum atomic E-state index is 13.2. The molecule has 4 nitrogen and oxygen atoms in total. The fourth-order valence-corrected chi connectivity index (χ4v) is 3.89. The van der Waals surface area contributed by atoms with Gasteiger partial charge in [0.15, 0.2) is 0 Å². The van der Waals surface area contributed by atoms with E-state index in [0.717, 1.165) is 37.9 Å². The highest BCUT2D eigenvalue weighted by Gasteiger charge is 2.22. The number of benzene rings is 3. The van der Waals surface area contributed by atoms with Gasteiger partial charge in [-0.3, -0.25) is 9.59 Å². The number of para-hydroxylation sites is 1. The zero-order valence-corrected chi connectivity index (χ0v) is 17.0. The summed E-state index contributed by atoms with van der Waals surface area (Å²) in [6.07, 6.45) is 3.87. The molecule has 0 atom stereocenters. The van der Waals surface area contributed by atoms with Crippen molar-refractivity contribution in [2.75, 3.05) is 18.0 Å². The number of rotatable bonds is 5. The highest BCUT2D eigenvalue weighted by molar-refractivity contribution is 6.07. The van der Waals surface area contributed by atoms with Crippen molar-refractivity contribution in [1.82, 2.24) is 5.32 Å². The molecule has 4 rings (SSSR count). The largest absolute Gasteiger partial charge is 0.352 e. The van der Waals surface area contributed by atoms with Gasteiger partial charge in [-0.25, -0.2) is 0 Å². The molecule has 1 heterocycles. The predicted molar refractivity (Wildman–Crippen MR) is 120 cm³/mol. The normalized spacial score (nSPS) is 13.3. The third kappa shape index (κ3) is 4.60. The number of fused-ring (bicyclic) bond motifs is 1. The van der Waals surface area contributed by atoms with E-state index >= 15 is 0 Å². The van der Waals surface area contributed by atoms with Crippen molar-refractivity contribution in [3.63, 3.8) is 0 Å². The minimum absolute atomic E-state index is 0.0135. The highest BCUT2D eigenvalue weighted by atomic mass is 16.2. The van der Waals surface area contributed by atoms with Crippen molar-refractivity contribution in [3.05, 3.63) is 101 Å². The molecule has 0 saturated heterocycles. The van der Waals surface area contributed by atoms with Crippen LogP contribution in [-0.4, -0.2) is 24.9 Å². The highest BCUT2D eigenvalue weighted by Crippen LogP contribution is 2.27. The van der Waals surface area contributed by atoms with Gasteiger partial charge in [0.1, 0.15) is 0 Å². The molecule has 30 heavy (non-hydrogen) atoms. The van der Waals surface area contributed by atoms with E-state index in [-0.39, 0.29) is 11.8 Å². The second-order valence-corrected chi connectivity index (χ2v) is 7.61. The van der Waals surface area contributed by atoms with E-state index in [2.05, 4.69) is 11.4 Å². The van der Waals surface area contributed by atoms with Gasteiger partial charge >= 0.3 is 0 Å². The van der Waals surface area contributed by atoms with E-state index in [4.69, 9.17) is 0 Å². The summed E-state index contributed by atoms with van der Waals surface area (Å²) in [6, 6.07) is 25.2. The molecule has 1 aliphatic heterocycles. The van der Waals surface area contributed by atoms with Gasteiger partial charge in [0, 0.05) is 29.9 Å². The molecule has 0 radical (unpaired) electrons. The molecule has 0 aromatic heterocycles. The van der Waals surface area contributed by atoms with Gasteiger partial charge < -0.3 is 10.2 Å². The Morgan fingerprint density at radius 2 is 1.50 bits per heavy atom. The minimum atomic E-state index is -0.120. The third-order valence-electron chi connectivity index (χ3n) is 5.54.